The molecule has 0 bridgehead atoms. The lowest BCUT2D eigenvalue weighted by Crippen LogP contribution is -2.29. The lowest BCUT2D eigenvalue weighted by molar-refractivity contribution is 0.471. The van der Waals surface area contributed by atoms with Gasteiger partial charge in [-0.15, -0.1) is 0 Å². The molecule has 1 fully saturated rings. The third-order valence-electron chi connectivity index (χ3n) is 5.55. The Morgan fingerprint density at radius 3 is 2.71 bits per heavy atom. The van der Waals surface area contributed by atoms with Crippen molar-refractivity contribution in [1.29, 1.82) is 0 Å². The van der Waals surface area contributed by atoms with E-state index in [9.17, 15) is 8.42 Å². The zero-order valence-corrected chi connectivity index (χ0v) is 16.3. The summed E-state index contributed by atoms with van der Waals surface area (Å²) < 4.78 is 30.3. The SMILES string of the molecule is Cn1c([C@H]2CCN(S(=O)(=O)c3cccc4cccnc34)C2)nc2ccccc21. The first-order valence-corrected chi connectivity index (χ1v) is 10.7. The largest absolute Gasteiger partial charge is 0.331 e. The number of rotatable bonds is 3. The molecule has 3 heterocycles. The fraction of sp³-hybridized carbons (Fsp3) is 0.238. The fourth-order valence-corrected chi connectivity index (χ4v) is 5.78. The molecule has 0 unspecified atom stereocenters. The van der Waals surface area contributed by atoms with E-state index in [0.717, 1.165) is 28.7 Å². The molecule has 7 heteroatoms. The molecule has 1 saturated heterocycles. The fourth-order valence-electron chi connectivity index (χ4n) is 4.11. The first kappa shape index (κ1) is 17.3. The highest BCUT2D eigenvalue weighted by atomic mass is 32.2. The first-order chi connectivity index (χ1) is 13.6. The predicted molar refractivity (Wildman–Crippen MR) is 109 cm³/mol. The lowest BCUT2D eigenvalue weighted by atomic mass is 10.1. The molecule has 1 aliphatic rings. The van der Waals surface area contributed by atoms with Gasteiger partial charge >= 0.3 is 0 Å². The van der Waals surface area contributed by atoms with Gasteiger partial charge < -0.3 is 4.57 Å². The van der Waals surface area contributed by atoms with Crippen molar-refractivity contribution >= 4 is 32.0 Å². The number of imidazole rings is 1. The highest BCUT2D eigenvalue weighted by molar-refractivity contribution is 7.89. The molecular formula is C21H20N4O2S. The summed E-state index contributed by atoms with van der Waals surface area (Å²) in [6.45, 7) is 0.919. The van der Waals surface area contributed by atoms with Crippen molar-refractivity contribution in [1.82, 2.24) is 18.8 Å². The van der Waals surface area contributed by atoms with Crippen LogP contribution in [0.5, 0.6) is 0 Å². The molecule has 0 radical (unpaired) electrons. The van der Waals surface area contributed by atoms with E-state index in [1.165, 1.54) is 0 Å². The molecule has 0 N–H and O–H groups in total. The van der Waals surface area contributed by atoms with Gasteiger partial charge in [-0.1, -0.05) is 30.3 Å². The van der Waals surface area contributed by atoms with Crippen LogP contribution >= 0.6 is 0 Å². The maximum absolute atomic E-state index is 13.3. The average Bonchev–Trinajstić information content (AvgIpc) is 3.33. The zero-order valence-electron chi connectivity index (χ0n) is 15.5. The summed E-state index contributed by atoms with van der Waals surface area (Å²) in [5.41, 5.74) is 2.54. The second-order valence-corrected chi connectivity index (χ2v) is 9.10. The van der Waals surface area contributed by atoms with Crippen molar-refractivity contribution in [3.05, 3.63) is 66.6 Å². The maximum atomic E-state index is 13.3. The van der Waals surface area contributed by atoms with Crippen LogP contribution < -0.4 is 0 Å². The lowest BCUT2D eigenvalue weighted by Gasteiger charge is -2.17. The second kappa shape index (κ2) is 6.39. The number of fused-ring (bicyclic) bond motifs is 2. The monoisotopic (exact) mass is 392 g/mol. The molecule has 0 saturated carbocycles. The van der Waals surface area contributed by atoms with Crippen LogP contribution in [0.25, 0.3) is 21.9 Å². The van der Waals surface area contributed by atoms with E-state index < -0.39 is 10.0 Å². The van der Waals surface area contributed by atoms with Gasteiger partial charge in [-0.2, -0.15) is 4.31 Å². The Morgan fingerprint density at radius 2 is 1.86 bits per heavy atom. The number of para-hydroxylation sites is 3. The van der Waals surface area contributed by atoms with Crippen LogP contribution in [0.1, 0.15) is 18.2 Å². The van der Waals surface area contributed by atoms with Crippen molar-refractivity contribution in [2.75, 3.05) is 13.1 Å². The molecule has 2 aromatic carbocycles. The number of sulfonamides is 1. The maximum Gasteiger partial charge on any atom is 0.245 e. The summed E-state index contributed by atoms with van der Waals surface area (Å²) in [6.07, 6.45) is 2.39. The summed E-state index contributed by atoms with van der Waals surface area (Å²) in [5, 5.41) is 0.828. The molecule has 1 aliphatic heterocycles. The minimum atomic E-state index is -3.62. The first-order valence-electron chi connectivity index (χ1n) is 9.31. The van der Waals surface area contributed by atoms with Crippen molar-refractivity contribution in [2.45, 2.75) is 17.2 Å². The van der Waals surface area contributed by atoms with Gasteiger partial charge in [0.05, 0.1) is 16.6 Å². The Bertz CT molecular complexity index is 1290. The highest BCUT2D eigenvalue weighted by Gasteiger charge is 2.36. The molecule has 0 amide bonds. The van der Waals surface area contributed by atoms with Crippen LogP contribution in [0.4, 0.5) is 0 Å². The molecule has 5 rings (SSSR count). The topological polar surface area (TPSA) is 68.1 Å². The summed E-state index contributed by atoms with van der Waals surface area (Å²) in [7, 11) is -1.62. The number of hydrogen-bond acceptors (Lipinski definition) is 4. The van der Waals surface area contributed by atoms with Gasteiger partial charge in [0, 0.05) is 37.6 Å². The van der Waals surface area contributed by atoms with Gasteiger partial charge in [0.2, 0.25) is 10.0 Å². The van der Waals surface area contributed by atoms with Gasteiger partial charge in [0.25, 0.3) is 0 Å². The van der Waals surface area contributed by atoms with Gasteiger partial charge in [-0.05, 0) is 30.7 Å². The Kier molecular flexibility index (Phi) is 3.96. The Hall–Kier alpha value is -2.77. The minimum absolute atomic E-state index is 0.0788. The third kappa shape index (κ3) is 2.62. The molecule has 142 valence electrons. The van der Waals surface area contributed by atoms with Crippen LogP contribution in [-0.2, 0) is 17.1 Å². The predicted octanol–water partition coefficient (Wildman–Crippen LogP) is 3.30. The van der Waals surface area contributed by atoms with Crippen LogP contribution in [0.15, 0.2) is 65.7 Å². The quantitative estimate of drug-likeness (QED) is 0.536. The number of aromatic nitrogens is 3. The van der Waals surface area contributed by atoms with Gasteiger partial charge in [-0.3, -0.25) is 4.98 Å². The minimum Gasteiger partial charge on any atom is -0.331 e. The summed E-state index contributed by atoms with van der Waals surface area (Å²) in [6, 6.07) is 17.0. The van der Waals surface area contributed by atoms with E-state index in [-0.39, 0.29) is 10.8 Å². The summed E-state index contributed by atoms with van der Waals surface area (Å²) in [5.74, 6) is 1.02. The number of hydrogen-bond donors (Lipinski definition) is 0. The van der Waals surface area contributed by atoms with Crippen molar-refractivity contribution < 1.29 is 8.42 Å². The van der Waals surface area contributed by atoms with Gasteiger partial charge in [0.1, 0.15) is 10.7 Å². The third-order valence-corrected chi connectivity index (χ3v) is 7.45. The van der Waals surface area contributed by atoms with E-state index in [4.69, 9.17) is 4.98 Å². The molecule has 6 nitrogen and oxygen atoms in total. The van der Waals surface area contributed by atoms with Gasteiger partial charge in [-0.25, -0.2) is 13.4 Å². The van der Waals surface area contributed by atoms with Crippen LogP contribution in [0.3, 0.4) is 0 Å². The molecule has 28 heavy (non-hydrogen) atoms. The van der Waals surface area contributed by atoms with Crippen LogP contribution in [0, 0.1) is 0 Å². The van der Waals surface area contributed by atoms with Crippen LogP contribution in [0.2, 0.25) is 0 Å². The van der Waals surface area contributed by atoms with E-state index in [0.29, 0.717) is 18.6 Å². The normalized spacial score (nSPS) is 18.2. The van der Waals surface area contributed by atoms with E-state index >= 15 is 0 Å². The molecule has 4 aromatic rings. The highest BCUT2D eigenvalue weighted by Crippen LogP contribution is 2.33. The van der Waals surface area contributed by atoms with Gasteiger partial charge in [0.15, 0.2) is 0 Å². The number of aryl methyl sites for hydroxylation is 1. The average molecular weight is 392 g/mol. The molecule has 0 spiro atoms. The van der Waals surface area contributed by atoms with Crippen LogP contribution in [-0.4, -0.2) is 40.3 Å². The van der Waals surface area contributed by atoms with E-state index in [2.05, 4.69) is 9.55 Å². The number of benzene rings is 2. The Morgan fingerprint density at radius 1 is 1.04 bits per heavy atom. The van der Waals surface area contributed by atoms with E-state index in [1.807, 2.05) is 49.5 Å². The van der Waals surface area contributed by atoms with Crippen molar-refractivity contribution in [3.63, 3.8) is 0 Å². The second-order valence-electron chi connectivity index (χ2n) is 7.20. The zero-order chi connectivity index (χ0) is 19.3. The molecular weight excluding hydrogens is 372 g/mol. The van der Waals surface area contributed by atoms with Crippen molar-refractivity contribution in [3.8, 4) is 0 Å². The Balaban J connectivity index is 1.50. The standard InChI is InChI=1S/C21H20N4O2S/c1-24-18-9-3-2-8-17(18)23-21(24)16-11-13-25(14-16)28(26,27)19-10-4-6-15-7-5-12-22-20(15)19/h2-10,12,16H,11,13-14H2,1H3/t16-/m0/s1. The summed E-state index contributed by atoms with van der Waals surface area (Å²) >= 11 is 0. The molecule has 0 aliphatic carbocycles. The number of pyridine rings is 1. The molecule has 2 aromatic heterocycles. The molecule has 1 atom stereocenters. The summed E-state index contributed by atoms with van der Waals surface area (Å²) in [4.78, 5) is 9.35. The number of nitrogens with zero attached hydrogens (tertiary/aromatic N) is 4. The smallest absolute Gasteiger partial charge is 0.245 e. The van der Waals surface area contributed by atoms with Crippen molar-refractivity contribution in [2.24, 2.45) is 7.05 Å². The Labute approximate surface area is 163 Å². The van der Waals surface area contributed by atoms with E-state index in [1.54, 1.807) is 22.6 Å².